The third-order valence-electron chi connectivity index (χ3n) is 3.39. The number of hydrogen-bond donors (Lipinski definition) is 1. The van der Waals surface area contributed by atoms with Crippen LogP contribution in [0.3, 0.4) is 0 Å². The predicted molar refractivity (Wildman–Crippen MR) is 91.8 cm³/mol. The van der Waals surface area contributed by atoms with Crippen molar-refractivity contribution in [3.05, 3.63) is 70.5 Å². The number of halogens is 1. The highest BCUT2D eigenvalue weighted by molar-refractivity contribution is 9.10. The second kappa shape index (κ2) is 6.75. The van der Waals surface area contributed by atoms with Crippen LogP contribution in [0, 0.1) is 0 Å². The molecule has 116 valence electrons. The molecule has 6 heteroatoms. The summed E-state index contributed by atoms with van der Waals surface area (Å²) in [6.07, 6.45) is 1.75. The number of carbonyl (C=O) groups is 1. The fourth-order valence-electron chi connectivity index (χ4n) is 2.24. The van der Waals surface area contributed by atoms with Crippen molar-refractivity contribution in [2.75, 3.05) is 0 Å². The number of aromatic nitrogens is 3. The summed E-state index contributed by atoms with van der Waals surface area (Å²) in [4.78, 5) is 16.4. The third-order valence-corrected chi connectivity index (χ3v) is 3.92. The Morgan fingerprint density at radius 2 is 2.00 bits per heavy atom. The molecule has 5 nitrogen and oxygen atoms in total. The maximum absolute atomic E-state index is 12.1. The van der Waals surface area contributed by atoms with Crippen LogP contribution in [0.1, 0.15) is 16.1 Å². The van der Waals surface area contributed by atoms with Crippen LogP contribution in [0.15, 0.2) is 59.2 Å². The lowest BCUT2D eigenvalue weighted by Gasteiger charge is -2.03. The highest BCUT2D eigenvalue weighted by Crippen LogP contribution is 2.17. The Morgan fingerprint density at radius 3 is 2.70 bits per heavy atom. The van der Waals surface area contributed by atoms with E-state index in [1.165, 1.54) is 0 Å². The van der Waals surface area contributed by atoms with Crippen LogP contribution >= 0.6 is 15.9 Å². The molecule has 0 aliphatic carbocycles. The second-order valence-electron chi connectivity index (χ2n) is 5.05. The van der Waals surface area contributed by atoms with Crippen LogP contribution in [-0.2, 0) is 13.6 Å². The topological polar surface area (TPSA) is 59.8 Å². The fraction of sp³-hybridized carbons (Fsp3) is 0.118. The van der Waals surface area contributed by atoms with Gasteiger partial charge in [0.2, 0.25) is 0 Å². The first-order valence-electron chi connectivity index (χ1n) is 7.11. The van der Waals surface area contributed by atoms with Gasteiger partial charge in [0.25, 0.3) is 5.91 Å². The zero-order valence-electron chi connectivity index (χ0n) is 12.5. The Labute approximate surface area is 142 Å². The van der Waals surface area contributed by atoms with E-state index in [0.717, 1.165) is 21.6 Å². The van der Waals surface area contributed by atoms with E-state index in [-0.39, 0.29) is 5.91 Å². The van der Waals surface area contributed by atoms with Gasteiger partial charge in [-0.25, -0.2) is 0 Å². The Morgan fingerprint density at radius 1 is 1.22 bits per heavy atom. The van der Waals surface area contributed by atoms with Crippen molar-refractivity contribution < 1.29 is 4.79 Å². The van der Waals surface area contributed by atoms with Crippen LogP contribution in [0.25, 0.3) is 11.4 Å². The molecule has 0 fully saturated rings. The average molecular weight is 371 g/mol. The van der Waals surface area contributed by atoms with Gasteiger partial charge in [-0.3, -0.25) is 14.5 Å². The van der Waals surface area contributed by atoms with Gasteiger partial charge in [-0.2, -0.15) is 5.10 Å². The summed E-state index contributed by atoms with van der Waals surface area (Å²) in [5.74, 6) is -0.123. The minimum absolute atomic E-state index is 0.123. The minimum atomic E-state index is -0.123. The molecule has 0 spiro atoms. The highest BCUT2D eigenvalue weighted by Gasteiger charge is 2.10. The SMILES string of the molecule is Cn1nc(CNC(=O)c2ccc(Br)cc2)cc1-c1ccccn1. The first-order chi connectivity index (χ1) is 11.1. The summed E-state index contributed by atoms with van der Waals surface area (Å²) < 4.78 is 2.71. The van der Waals surface area contributed by atoms with Crippen LogP contribution < -0.4 is 5.32 Å². The van der Waals surface area contributed by atoms with Gasteiger partial charge in [-0.1, -0.05) is 22.0 Å². The first kappa shape index (κ1) is 15.4. The van der Waals surface area contributed by atoms with Crippen molar-refractivity contribution in [2.24, 2.45) is 7.05 Å². The smallest absolute Gasteiger partial charge is 0.251 e. The summed E-state index contributed by atoms with van der Waals surface area (Å²) in [6.45, 7) is 0.371. The summed E-state index contributed by atoms with van der Waals surface area (Å²) >= 11 is 3.35. The lowest BCUT2D eigenvalue weighted by Crippen LogP contribution is -2.23. The Bertz CT molecular complexity index is 812. The number of amides is 1. The van der Waals surface area contributed by atoms with Gasteiger partial charge in [0, 0.05) is 23.3 Å². The van der Waals surface area contributed by atoms with Gasteiger partial charge in [0.05, 0.1) is 23.6 Å². The number of pyridine rings is 1. The zero-order valence-corrected chi connectivity index (χ0v) is 14.1. The van der Waals surface area contributed by atoms with Crippen LogP contribution in [0.4, 0.5) is 0 Å². The fourth-order valence-corrected chi connectivity index (χ4v) is 2.51. The van der Waals surface area contributed by atoms with Crippen molar-refractivity contribution in [2.45, 2.75) is 6.54 Å². The molecule has 0 saturated heterocycles. The predicted octanol–water partition coefficient (Wildman–Crippen LogP) is 3.17. The maximum atomic E-state index is 12.1. The summed E-state index contributed by atoms with van der Waals surface area (Å²) in [6, 6.07) is 14.9. The summed E-state index contributed by atoms with van der Waals surface area (Å²) in [7, 11) is 1.87. The molecule has 1 aromatic carbocycles. The summed E-state index contributed by atoms with van der Waals surface area (Å²) in [5, 5.41) is 7.30. The first-order valence-corrected chi connectivity index (χ1v) is 7.91. The number of hydrogen-bond acceptors (Lipinski definition) is 3. The molecule has 0 saturated carbocycles. The number of nitrogens with one attached hydrogen (secondary N) is 1. The lowest BCUT2D eigenvalue weighted by molar-refractivity contribution is 0.0950. The number of rotatable bonds is 4. The van der Waals surface area contributed by atoms with Crippen molar-refractivity contribution in [3.8, 4) is 11.4 Å². The van der Waals surface area contributed by atoms with E-state index in [1.807, 2.05) is 43.4 Å². The van der Waals surface area contributed by atoms with E-state index >= 15 is 0 Å². The lowest BCUT2D eigenvalue weighted by atomic mass is 10.2. The molecule has 0 bridgehead atoms. The zero-order chi connectivity index (χ0) is 16.2. The number of benzene rings is 1. The van der Waals surface area contributed by atoms with Crippen molar-refractivity contribution in [1.82, 2.24) is 20.1 Å². The van der Waals surface area contributed by atoms with Crippen LogP contribution in [0.2, 0.25) is 0 Å². The molecule has 0 radical (unpaired) electrons. The molecule has 1 N–H and O–H groups in total. The number of carbonyl (C=O) groups excluding carboxylic acids is 1. The van der Waals surface area contributed by atoms with Gasteiger partial charge in [0.15, 0.2) is 0 Å². The Hall–Kier alpha value is -2.47. The quantitative estimate of drug-likeness (QED) is 0.767. The third kappa shape index (κ3) is 3.65. The average Bonchev–Trinajstić information content (AvgIpc) is 2.95. The van der Waals surface area contributed by atoms with Crippen molar-refractivity contribution in [3.63, 3.8) is 0 Å². The molecular formula is C17H15BrN4O. The van der Waals surface area contributed by atoms with Gasteiger partial charge < -0.3 is 5.32 Å². The van der Waals surface area contributed by atoms with E-state index < -0.39 is 0 Å². The molecule has 3 aromatic rings. The number of aryl methyl sites for hydroxylation is 1. The molecule has 0 aliphatic rings. The van der Waals surface area contributed by atoms with Gasteiger partial charge >= 0.3 is 0 Å². The largest absolute Gasteiger partial charge is 0.346 e. The summed E-state index contributed by atoms with van der Waals surface area (Å²) in [5.41, 5.74) is 3.18. The molecule has 2 heterocycles. The van der Waals surface area contributed by atoms with E-state index in [0.29, 0.717) is 12.1 Å². The minimum Gasteiger partial charge on any atom is -0.346 e. The van der Waals surface area contributed by atoms with Crippen molar-refractivity contribution in [1.29, 1.82) is 0 Å². The van der Waals surface area contributed by atoms with E-state index in [1.54, 1.807) is 23.0 Å². The van der Waals surface area contributed by atoms with Crippen LogP contribution in [-0.4, -0.2) is 20.7 Å². The molecule has 0 aliphatic heterocycles. The van der Waals surface area contributed by atoms with Gasteiger partial charge in [-0.05, 0) is 42.5 Å². The molecule has 0 unspecified atom stereocenters. The van der Waals surface area contributed by atoms with Gasteiger partial charge in [0.1, 0.15) is 0 Å². The molecule has 1 amide bonds. The Balaban J connectivity index is 1.69. The molecule has 23 heavy (non-hydrogen) atoms. The molecule has 3 rings (SSSR count). The van der Waals surface area contributed by atoms with E-state index in [2.05, 4.69) is 31.3 Å². The van der Waals surface area contributed by atoms with E-state index in [9.17, 15) is 4.79 Å². The van der Waals surface area contributed by atoms with Crippen molar-refractivity contribution >= 4 is 21.8 Å². The standard InChI is InChI=1S/C17H15BrN4O/c1-22-16(15-4-2-3-9-19-15)10-14(21-22)11-20-17(23)12-5-7-13(18)8-6-12/h2-10H,11H2,1H3,(H,20,23). The second-order valence-corrected chi connectivity index (χ2v) is 5.96. The Kier molecular flexibility index (Phi) is 4.52. The highest BCUT2D eigenvalue weighted by atomic mass is 79.9. The van der Waals surface area contributed by atoms with Gasteiger partial charge in [-0.15, -0.1) is 0 Å². The van der Waals surface area contributed by atoms with E-state index in [4.69, 9.17) is 0 Å². The molecule has 0 atom stereocenters. The maximum Gasteiger partial charge on any atom is 0.251 e. The monoisotopic (exact) mass is 370 g/mol. The van der Waals surface area contributed by atoms with Crippen LogP contribution in [0.5, 0.6) is 0 Å². The number of nitrogens with zero attached hydrogens (tertiary/aromatic N) is 3. The normalized spacial score (nSPS) is 10.5. The molecular weight excluding hydrogens is 356 g/mol. The molecule has 2 aromatic heterocycles.